The third-order valence-electron chi connectivity index (χ3n) is 5.97. The molecular formula is C21H26N2O2. The van der Waals surface area contributed by atoms with Crippen molar-refractivity contribution < 1.29 is 9.84 Å². The summed E-state index contributed by atoms with van der Waals surface area (Å²) in [4.78, 5) is 6.99. The van der Waals surface area contributed by atoms with Gasteiger partial charge >= 0.3 is 0 Å². The van der Waals surface area contributed by atoms with E-state index >= 15 is 0 Å². The number of benzene rings is 1. The Balaban J connectivity index is 1.52. The summed E-state index contributed by atoms with van der Waals surface area (Å²) in [6.07, 6.45) is 3.75. The largest absolute Gasteiger partial charge is 0.496 e. The Hall–Kier alpha value is -1.91. The highest BCUT2D eigenvalue weighted by Gasteiger charge is 2.53. The van der Waals surface area contributed by atoms with E-state index in [1.165, 1.54) is 5.56 Å². The quantitative estimate of drug-likeness (QED) is 0.930. The van der Waals surface area contributed by atoms with Crippen LogP contribution in [0.15, 0.2) is 42.6 Å². The lowest BCUT2D eigenvalue weighted by Gasteiger charge is -2.30. The fourth-order valence-electron chi connectivity index (χ4n) is 4.63. The van der Waals surface area contributed by atoms with Crippen molar-refractivity contribution in [2.24, 2.45) is 11.8 Å². The van der Waals surface area contributed by atoms with Gasteiger partial charge in [-0.15, -0.1) is 0 Å². The van der Waals surface area contributed by atoms with Gasteiger partial charge in [0.1, 0.15) is 11.4 Å². The Bertz CT molecular complexity index is 746. The normalized spacial score (nSPS) is 28.9. The Morgan fingerprint density at radius 3 is 2.84 bits per heavy atom. The van der Waals surface area contributed by atoms with E-state index in [2.05, 4.69) is 28.1 Å². The van der Waals surface area contributed by atoms with Gasteiger partial charge in [-0.2, -0.15) is 0 Å². The predicted molar refractivity (Wildman–Crippen MR) is 97.4 cm³/mol. The summed E-state index contributed by atoms with van der Waals surface area (Å²) in [5.41, 5.74) is 2.39. The molecule has 0 bridgehead atoms. The van der Waals surface area contributed by atoms with Gasteiger partial charge in [-0.05, 0) is 43.4 Å². The highest BCUT2D eigenvalue weighted by atomic mass is 16.5. The van der Waals surface area contributed by atoms with E-state index in [4.69, 9.17) is 4.74 Å². The SMILES string of the molecule is COc1ccccc1CN1C[C@@H]2CC[C@@](O)(c3ccc(C)cn3)[C@@H]2C1. The molecule has 1 aliphatic heterocycles. The van der Waals surface area contributed by atoms with Gasteiger partial charge in [0, 0.05) is 37.3 Å². The molecule has 1 aromatic carbocycles. The molecule has 1 N–H and O–H groups in total. The zero-order chi connectivity index (χ0) is 17.4. The van der Waals surface area contributed by atoms with Gasteiger partial charge in [-0.25, -0.2) is 0 Å². The number of aliphatic hydroxyl groups is 1. The molecule has 0 unspecified atom stereocenters. The molecule has 4 rings (SSSR count). The molecule has 1 aliphatic carbocycles. The lowest BCUT2D eigenvalue weighted by molar-refractivity contribution is -0.0108. The van der Waals surface area contributed by atoms with Gasteiger partial charge in [-0.1, -0.05) is 24.3 Å². The number of fused-ring (bicyclic) bond motifs is 1. The first-order chi connectivity index (χ1) is 12.1. The maximum atomic E-state index is 11.4. The summed E-state index contributed by atoms with van der Waals surface area (Å²) in [5.74, 6) is 1.75. The molecule has 25 heavy (non-hydrogen) atoms. The smallest absolute Gasteiger partial charge is 0.123 e. The second kappa shape index (κ2) is 6.43. The number of methoxy groups -OCH3 is 1. The van der Waals surface area contributed by atoms with Crippen molar-refractivity contribution in [3.8, 4) is 5.75 Å². The Morgan fingerprint density at radius 2 is 2.08 bits per heavy atom. The molecule has 2 heterocycles. The van der Waals surface area contributed by atoms with Crippen LogP contribution in [-0.2, 0) is 12.1 Å². The van der Waals surface area contributed by atoms with Crippen molar-refractivity contribution in [2.45, 2.75) is 31.9 Å². The zero-order valence-corrected chi connectivity index (χ0v) is 15.0. The number of nitrogens with zero attached hydrogens (tertiary/aromatic N) is 2. The van der Waals surface area contributed by atoms with E-state index in [9.17, 15) is 5.11 Å². The van der Waals surface area contributed by atoms with Crippen LogP contribution >= 0.6 is 0 Å². The van der Waals surface area contributed by atoms with Crippen molar-refractivity contribution in [2.75, 3.05) is 20.2 Å². The first-order valence-corrected chi connectivity index (χ1v) is 9.10. The number of para-hydroxylation sites is 1. The third kappa shape index (κ3) is 2.94. The minimum Gasteiger partial charge on any atom is -0.496 e. The average Bonchev–Trinajstić information content (AvgIpc) is 3.16. The lowest BCUT2D eigenvalue weighted by atomic mass is 9.85. The number of pyridine rings is 1. The molecule has 0 spiro atoms. The summed E-state index contributed by atoms with van der Waals surface area (Å²) < 4.78 is 5.49. The van der Waals surface area contributed by atoms with E-state index in [0.717, 1.165) is 49.5 Å². The van der Waals surface area contributed by atoms with Crippen LogP contribution in [0.5, 0.6) is 5.75 Å². The van der Waals surface area contributed by atoms with Crippen LogP contribution in [0.25, 0.3) is 0 Å². The molecule has 132 valence electrons. The van der Waals surface area contributed by atoms with E-state index in [1.807, 2.05) is 31.3 Å². The van der Waals surface area contributed by atoms with Crippen molar-refractivity contribution in [1.29, 1.82) is 0 Å². The summed E-state index contributed by atoms with van der Waals surface area (Å²) in [5, 5.41) is 11.4. The third-order valence-corrected chi connectivity index (χ3v) is 5.97. The maximum absolute atomic E-state index is 11.4. The topological polar surface area (TPSA) is 45.6 Å². The van der Waals surface area contributed by atoms with Gasteiger partial charge in [0.15, 0.2) is 0 Å². The first-order valence-electron chi connectivity index (χ1n) is 9.10. The molecule has 4 heteroatoms. The average molecular weight is 338 g/mol. The van der Waals surface area contributed by atoms with Crippen LogP contribution in [0.3, 0.4) is 0 Å². The fraction of sp³-hybridized carbons (Fsp3) is 0.476. The molecule has 0 radical (unpaired) electrons. The molecule has 0 amide bonds. The molecule has 1 saturated heterocycles. The van der Waals surface area contributed by atoms with Gasteiger partial charge in [-0.3, -0.25) is 9.88 Å². The van der Waals surface area contributed by atoms with Gasteiger partial charge in [0.2, 0.25) is 0 Å². The Kier molecular flexibility index (Phi) is 4.26. The Morgan fingerprint density at radius 1 is 1.24 bits per heavy atom. The van der Waals surface area contributed by atoms with Gasteiger partial charge in [0.05, 0.1) is 12.8 Å². The minimum absolute atomic E-state index is 0.261. The zero-order valence-electron chi connectivity index (χ0n) is 15.0. The monoisotopic (exact) mass is 338 g/mol. The summed E-state index contributed by atoms with van der Waals surface area (Å²) in [6.45, 7) is 4.85. The van der Waals surface area contributed by atoms with Crippen molar-refractivity contribution in [1.82, 2.24) is 9.88 Å². The maximum Gasteiger partial charge on any atom is 0.123 e. The highest BCUT2D eigenvalue weighted by Crippen LogP contribution is 2.50. The number of hydrogen-bond acceptors (Lipinski definition) is 4. The molecule has 1 aromatic heterocycles. The van der Waals surface area contributed by atoms with Crippen molar-refractivity contribution in [3.05, 3.63) is 59.4 Å². The molecular weight excluding hydrogens is 312 g/mol. The molecule has 2 aliphatic rings. The minimum atomic E-state index is -0.784. The first kappa shape index (κ1) is 16.6. The van der Waals surface area contributed by atoms with Crippen LogP contribution in [0.2, 0.25) is 0 Å². The highest BCUT2D eigenvalue weighted by molar-refractivity contribution is 5.33. The van der Waals surface area contributed by atoms with Crippen LogP contribution in [0, 0.1) is 18.8 Å². The standard InChI is InChI=1S/C21H26N2O2/c1-15-7-8-20(22-11-15)21(24)10-9-16-12-23(14-18(16)21)13-17-5-3-4-6-19(17)25-2/h3-8,11,16,18,24H,9-10,12-14H2,1-2H3/t16-,18+,21-/m0/s1. The van der Waals surface area contributed by atoms with E-state index < -0.39 is 5.60 Å². The second-order valence-corrected chi connectivity index (χ2v) is 7.56. The molecule has 2 aromatic rings. The van der Waals surface area contributed by atoms with Crippen LogP contribution in [0.4, 0.5) is 0 Å². The number of rotatable bonds is 4. The predicted octanol–water partition coefficient (Wildman–Crippen LogP) is 3.13. The molecule has 2 fully saturated rings. The number of aryl methyl sites for hydroxylation is 1. The van der Waals surface area contributed by atoms with Crippen LogP contribution < -0.4 is 4.74 Å². The number of likely N-dealkylation sites (tertiary alicyclic amines) is 1. The molecule has 4 nitrogen and oxygen atoms in total. The number of aromatic nitrogens is 1. The summed E-state index contributed by atoms with van der Waals surface area (Å²) in [6, 6.07) is 12.2. The van der Waals surface area contributed by atoms with Gasteiger partial charge in [0.25, 0.3) is 0 Å². The number of ether oxygens (including phenoxy) is 1. The second-order valence-electron chi connectivity index (χ2n) is 7.56. The van der Waals surface area contributed by atoms with Crippen LogP contribution in [0.1, 0.15) is 29.7 Å². The molecule has 1 saturated carbocycles. The fourth-order valence-corrected chi connectivity index (χ4v) is 4.63. The lowest BCUT2D eigenvalue weighted by Crippen LogP contribution is -2.35. The van der Waals surface area contributed by atoms with E-state index in [0.29, 0.717) is 5.92 Å². The Labute approximate surface area is 149 Å². The molecule has 3 atom stereocenters. The van der Waals surface area contributed by atoms with Gasteiger partial charge < -0.3 is 9.84 Å². The van der Waals surface area contributed by atoms with Crippen molar-refractivity contribution >= 4 is 0 Å². The van der Waals surface area contributed by atoms with Crippen molar-refractivity contribution in [3.63, 3.8) is 0 Å². The van der Waals surface area contributed by atoms with Crippen LogP contribution in [-0.4, -0.2) is 35.2 Å². The van der Waals surface area contributed by atoms with E-state index in [-0.39, 0.29) is 5.92 Å². The summed E-state index contributed by atoms with van der Waals surface area (Å²) >= 11 is 0. The number of hydrogen-bond donors (Lipinski definition) is 1. The van der Waals surface area contributed by atoms with E-state index in [1.54, 1.807) is 7.11 Å². The summed E-state index contributed by atoms with van der Waals surface area (Å²) in [7, 11) is 1.72.